The molecule has 0 saturated carbocycles. The van der Waals surface area contributed by atoms with Crippen molar-refractivity contribution in [3.8, 4) is 0 Å². The van der Waals surface area contributed by atoms with Gasteiger partial charge in [-0.2, -0.15) is 0 Å². The molecule has 0 spiro atoms. The number of hydrogen-bond acceptors (Lipinski definition) is 3. The monoisotopic (exact) mass is 269 g/mol. The molecule has 0 aromatic heterocycles. The zero-order valence-electron chi connectivity index (χ0n) is 12.7. The summed E-state index contributed by atoms with van der Waals surface area (Å²) in [6.07, 6.45) is 2.26. The van der Waals surface area contributed by atoms with Gasteiger partial charge in [0, 0.05) is 33.1 Å². The second-order valence-electron chi connectivity index (χ2n) is 5.34. The molecule has 1 unspecified atom stereocenters. The number of rotatable bonds is 5. The highest BCUT2D eigenvalue weighted by atomic mass is 16.2. The zero-order chi connectivity index (χ0) is 14.4. The Bertz CT molecular complexity index is 312. The minimum absolute atomic E-state index is 0.0737. The van der Waals surface area contributed by atoms with Gasteiger partial charge >= 0.3 is 0 Å². The molecule has 0 bridgehead atoms. The van der Waals surface area contributed by atoms with Crippen LogP contribution in [0.15, 0.2) is 0 Å². The second kappa shape index (κ2) is 7.48. The van der Waals surface area contributed by atoms with Crippen LogP contribution >= 0.6 is 0 Å². The van der Waals surface area contributed by atoms with Crippen LogP contribution in [0.25, 0.3) is 0 Å². The van der Waals surface area contributed by atoms with Crippen molar-refractivity contribution in [2.24, 2.45) is 0 Å². The fraction of sp³-hybridized carbons (Fsp3) is 0.857. The molecular weight excluding hydrogens is 242 g/mol. The van der Waals surface area contributed by atoms with Crippen LogP contribution in [-0.2, 0) is 9.59 Å². The third-order valence-corrected chi connectivity index (χ3v) is 3.92. The maximum atomic E-state index is 12.4. The van der Waals surface area contributed by atoms with Gasteiger partial charge in [0.05, 0.1) is 6.04 Å². The summed E-state index contributed by atoms with van der Waals surface area (Å²) in [6, 6.07) is -0.0737. The molecule has 1 atom stereocenters. The van der Waals surface area contributed by atoms with Crippen molar-refractivity contribution < 1.29 is 9.59 Å². The summed E-state index contributed by atoms with van der Waals surface area (Å²) in [5.41, 5.74) is 0. The van der Waals surface area contributed by atoms with Crippen LogP contribution in [0.2, 0.25) is 0 Å². The Labute approximate surface area is 116 Å². The number of carbonyl (C=O) groups is 2. The molecule has 5 heteroatoms. The molecule has 0 N–H and O–H groups in total. The maximum Gasteiger partial charge on any atom is 0.239 e. The lowest BCUT2D eigenvalue weighted by molar-refractivity contribution is -0.141. The van der Waals surface area contributed by atoms with Gasteiger partial charge in [0.2, 0.25) is 11.8 Å². The van der Waals surface area contributed by atoms with Gasteiger partial charge in [-0.05, 0) is 26.9 Å². The van der Waals surface area contributed by atoms with Crippen molar-refractivity contribution in [3.05, 3.63) is 0 Å². The summed E-state index contributed by atoms with van der Waals surface area (Å²) in [4.78, 5) is 29.4. The Morgan fingerprint density at radius 3 is 2.16 bits per heavy atom. The van der Waals surface area contributed by atoms with Crippen LogP contribution < -0.4 is 0 Å². The first-order valence-corrected chi connectivity index (χ1v) is 7.22. The largest absolute Gasteiger partial charge is 0.339 e. The third kappa shape index (κ3) is 4.49. The first-order chi connectivity index (χ1) is 8.97. The van der Waals surface area contributed by atoms with Crippen molar-refractivity contribution >= 4 is 11.8 Å². The van der Waals surface area contributed by atoms with Gasteiger partial charge in [0.15, 0.2) is 0 Å². The average Bonchev–Trinajstić information content (AvgIpc) is 2.43. The number of hydrogen-bond donors (Lipinski definition) is 0. The van der Waals surface area contributed by atoms with Crippen molar-refractivity contribution in [1.29, 1.82) is 0 Å². The Hall–Kier alpha value is -1.10. The summed E-state index contributed by atoms with van der Waals surface area (Å²) >= 11 is 0. The fourth-order valence-electron chi connectivity index (χ4n) is 2.30. The first-order valence-electron chi connectivity index (χ1n) is 7.22. The molecule has 0 aliphatic carbocycles. The lowest BCUT2D eigenvalue weighted by Crippen LogP contribution is -2.54. The molecule has 1 aliphatic rings. The van der Waals surface area contributed by atoms with E-state index in [1.807, 2.05) is 18.9 Å². The molecule has 1 aliphatic heterocycles. The Kier molecular flexibility index (Phi) is 6.28. The molecule has 1 heterocycles. The van der Waals surface area contributed by atoms with Crippen LogP contribution in [0.4, 0.5) is 0 Å². The van der Waals surface area contributed by atoms with Crippen molar-refractivity contribution in [2.75, 3.05) is 39.8 Å². The van der Waals surface area contributed by atoms with E-state index >= 15 is 0 Å². The van der Waals surface area contributed by atoms with E-state index < -0.39 is 0 Å². The predicted molar refractivity (Wildman–Crippen MR) is 75.8 cm³/mol. The first kappa shape index (κ1) is 16.0. The molecule has 0 radical (unpaired) electrons. The summed E-state index contributed by atoms with van der Waals surface area (Å²) in [5, 5.41) is 0. The van der Waals surface area contributed by atoms with Gasteiger partial charge in [-0.1, -0.05) is 13.3 Å². The van der Waals surface area contributed by atoms with E-state index in [2.05, 4.69) is 11.8 Å². The van der Waals surface area contributed by atoms with Crippen molar-refractivity contribution in [1.82, 2.24) is 14.7 Å². The topological polar surface area (TPSA) is 43.9 Å². The maximum absolute atomic E-state index is 12.4. The lowest BCUT2D eigenvalue weighted by Gasteiger charge is -2.37. The van der Waals surface area contributed by atoms with Gasteiger partial charge in [-0.3, -0.25) is 14.5 Å². The molecule has 110 valence electrons. The van der Waals surface area contributed by atoms with Crippen LogP contribution in [-0.4, -0.2) is 72.3 Å². The Balaban J connectivity index is 2.43. The van der Waals surface area contributed by atoms with Gasteiger partial charge in [-0.15, -0.1) is 0 Å². The molecule has 1 fully saturated rings. The van der Waals surface area contributed by atoms with Gasteiger partial charge in [0.25, 0.3) is 0 Å². The van der Waals surface area contributed by atoms with Crippen molar-refractivity contribution in [3.63, 3.8) is 0 Å². The molecule has 1 saturated heterocycles. The van der Waals surface area contributed by atoms with E-state index in [0.717, 1.165) is 19.4 Å². The molecule has 0 aromatic rings. The smallest absolute Gasteiger partial charge is 0.239 e. The highest BCUT2D eigenvalue weighted by Gasteiger charge is 2.27. The van der Waals surface area contributed by atoms with E-state index in [1.165, 1.54) is 0 Å². The van der Waals surface area contributed by atoms with E-state index in [-0.39, 0.29) is 17.9 Å². The normalized spacial score (nSPS) is 17.7. The van der Waals surface area contributed by atoms with Crippen LogP contribution in [0, 0.1) is 0 Å². The summed E-state index contributed by atoms with van der Waals surface area (Å²) in [5.74, 6) is 0.280. The highest BCUT2D eigenvalue weighted by Crippen LogP contribution is 2.08. The van der Waals surface area contributed by atoms with Gasteiger partial charge in [0.1, 0.15) is 0 Å². The number of nitrogens with zero attached hydrogens (tertiary/aromatic N) is 3. The van der Waals surface area contributed by atoms with Crippen LogP contribution in [0.5, 0.6) is 0 Å². The number of amides is 2. The molecule has 2 amide bonds. The average molecular weight is 269 g/mol. The minimum atomic E-state index is -0.0737. The third-order valence-electron chi connectivity index (χ3n) is 3.92. The Morgan fingerprint density at radius 2 is 1.68 bits per heavy atom. The van der Waals surface area contributed by atoms with E-state index in [0.29, 0.717) is 26.2 Å². The zero-order valence-corrected chi connectivity index (χ0v) is 12.7. The van der Waals surface area contributed by atoms with E-state index in [4.69, 9.17) is 0 Å². The summed E-state index contributed by atoms with van der Waals surface area (Å²) in [7, 11) is 2.00. The lowest BCUT2D eigenvalue weighted by atomic mass is 10.2. The summed E-state index contributed by atoms with van der Waals surface area (Å²) < 4.78 is 0. The molecule has 1 rings (SSSR count). The molecule has 5 nitrogen and oxygen atoms in total. The molecule has 0 aromatic carbocycles. The minimum Gasteiger partial charge on any atom is -0.339 e. The quantitative estimate of drug-likeness (QED) is 0.741. The highest BCUT2D eigenvalue weighted by molar-refractivity contribution is 5.82. The SMILES string of the molecule is CCCCN(C)C(C)C(=O)N1CCN(C(C)=O)CC1. The number of piperazine rings is 1. The van der Waals surface area contributed by atoms with E-state index in [1.54, 1.807) is 11.8 Å². The van der Waals surface area contributed by atoms with Crippen LogP contribution in [0.3, 0.4) is 0 Å². The number of unbranched alkanes of at least 4 members (excludes halogenated alkanes) is 1. The predicted octanol–water partition coefficient (Wildman–Crippen LogP) is 0.798. The van der Waals surface area contributed by atoms with Gasteiger partial charge < -0.3 is 9.80 Å². The van der Waals surface area contributed by atoms with Crippen LogP contribution in [0.1, 0.15) is 33.6 Å². The fourth-order valence-corrected chi connectivity index (χ4v) is 2.30. The standard InChI is InChI=1S/C14H27N3O2/c1-5-6-7-15(4)12(2)14(19)17-10-8-16(9-11-17)13(3)18/h12H,5-11H2,1-4H3. The van der Waals surface area contributed by atoms with Crippen molar-refractivity contribution in [2.45, 2.75) is 39.7 Å². The Morgan fingerprint density at radius 1 is 1.16 bits per heavy atom. The van der Waals surface area contributed by atoms with E-state index in [9.17, 15) is 9.59 Å². The molecule has 19 heavy (non-hydrogen) atoms. The summed E-state index contributed by atoms with van der Waals surface area (Å²) in [6.45, 7) is 9.29. The molecular formula is C14H27N3O2. The number of likely N-dealkylation sites (N-methyl/N-ethyl adjacent to an activating group) is 1. The number of carbonyl (C=O) groups excluding carboxylic acids is 2. The second-order valence-corrected chi connectivity index (χ2v) is 5.34. The van der Waals surface area contributed by atoms with Gasteiger partial charge in [-0.25, -0.2) is 0 Å².